The Balaban J connectivity index is 1.51. The van der Waals surface area contributed by atoms with Crippen molar-refractivity contribution >= 4 is 5.91 Å². The van der Waals surface area contributed by atoms with E-state index in [1.807, 2.05) is 35.2 Å². The van der Waals surface area contributed by atoms with Crippen LogP contribution < -0.4 is 14.2 Å². The third kappa shape index (κ3) is 4.75. The van der Waals surface area contributed by atoms with Crippen molar-refractivity contribution in [3.05, 3.63) is 53.6 Å². The largest absolute Gasteiger partial charge is 0.496 e. The molecule has 0 radical (unpaired) electrons. The molecule has 1 heterocycles. The Morgan fingerprint density at radius 2 is 1.54 bits per heavy atom. The van der Waals surface area contributed by atoms with Crippen LogP contribution >= 0.6 is 0 Å². The van der Waals surface area contributed by atoms with E-state index < -0.39 is 0 Å². The molecule has 2 aromatic rings. The minimum atomic E-state index is -0.0511. The number of amides is 1. The molecule has 1 aliphatic heterocycles. The van der Waals surface area contributed by atoms with Crippen molar-refractivity contribution in [2.24, 2.45) is 0 Å². The first-order chi connectivity index (χ1) is 13.6. The van der Waals surface area contributed by atoms with Crippen LogP contribution in [0.25, 0.3) is 0 Å². The van der Waals surface area contributed by atoms with Gasteiger partial charge in [0.1, 0.15) is 29.4 Å². The van der Waals surface area contributed by atoms with Gasteiger partial charge in [-0.1, -0.05) is 23.8 Å². The predicted octanol–water partition coefficient (Wildman–Crippen LogP) is 2.85. The van der Waals surface area contributed by atoms with Gasteiger partial charge in [-0.15, -0.1) is 0 Å². The Morgan fingerprint density at radius 1 is 0.929 bits per heavy atom. The normalized spacial score (nSPS) is 14.6. The molecule has 6 nitrogen and oxygen atoms in total. The number of piperazine rings is 1. The first-order valence-electron chi connectivity index (χ1n) is 9.54. The Kier molecular flexibility index (Phi) is 6.76. The average Bonchev–Trinajstić information content (AvgIpc) is 2.74. The number of carbonyl (C=O) groups is 1. The maximum Gasteiger partial charge on any atom is 0.261 e. The summed E-state index contributed by atoms with van der Waals surface area (Å²) < 4.78 is 16.6. The van der Waals surface area contributed by atoms with Gasteiger partial charge in [0.05, 0.1) is 14.2 Å². The molecule has 1 aliphatic rings. The minimum absolute atomic E-state index is 0.0511. The SMILES string of the molecule is COc1cccc(OC)c1C(=O)N1CCN(CCOc2ccc(C)cc2)CC1. The first-order valence-corrected chi connectivity index (χ1v) is 9.54. The van der Waals surface area contributed by atoms with Crippen molar-refractivity contribution < 1.29 is 19.0 Å². The van der Waals surface area contributed by atoms with Crippen LogP contribution in [0.5, 0.6) is 17.2 Å². The molecule has 1 amide bonds. The highest BCUT2D eigenvalue weighted by Gasteiger charge is 2.26. The second-order valence-electron chi connectivity index (χ2n) is 6.83. The van der Waals surface area contributed by atoms with Gasteiger partial charge in [-0.2, -0.15) is 0 Å². The maximum absolute atomic E-state index is 13.0. The van der Waals surface area contributed by atoms with Crippen molar-refractivity contribution in [2.45, 2.75) is 6.92 Å². The molecular formula is C22H28N2O4. The summed E-state index contributed by atoms with van der Waals surface area (Å²) in [5, 5.41) is 0. The van der Waals surface area contributed by atoms with Crippen LogP contribution in [-0.4, -0.2) is 69.3 Å². The molecule has 0 aliphatic carbocycles. The average molecular weight is 384 g/mol. The van der Waals surface area contributed by atoms with E-state index in [0.717, 1.165) is 25.4 Å². The van der Waals surface area contributed by atoms with Gasteiger partial charge in [0.15, 0.2) is 0 Å². The molecule has 0 unspecified atom stereocenters. The van der Waals surface area contributed by atoms with Crippen LogP contribution in [0.3, 0.4) is 0 Å². The molecule has 0 saturated carbocycles. The number of nitrogens with zero attached hydrogens (tertiary/aromatic N) is 2. The summed E-state index contributed by atoms with van der Waals surface area (Å²) in [5.74, 6) is 1.92. The number of hydrogen-bond donors (Lipinski definition) is 0. The Bertz CT molecular complexity index is 761. The quantitative estimate of drug-likeness (QED) is 0.735. The molecule has 1 saturated heterocycles. The highest BCUT2D eigenvalue weighted by molar-refractivity contribution is 5.99. The summed E-state index contributed by atoms with van der Waals surface area (Å²) in [4.78, 5) is 17.2. The van der Waals surface area contributed by atoms with Gasteiger partial charge in [-0.25, -0.2) is 0 Å². The predicted molar refractivity (Wildman–Crippen MR) is 109 cm³/mol. The third-order valence-electron chi connectivity index (χ3n) is 5.00. The number of aryl methyl sites for hydroxylation is 1. The van der Waals surface area contributed by atoms with Crippen LogP contribution in [0.4, 0.5) is 0 Å². The van der Waals surface area contributed by atoms with Crippen molar-refractivity contribution in [3.8, 4) is 17.2 Å². The molecule has 0 atom stereocenters. The van der Waals surface area contributed by atoms with Crippen LogP contribution in [-0.2, 0) is 0 Å². The summed E-state index contributed by atoms with van der Waals surface area (Å²) in [6, 6.07) is 13.5. The Morgan fingerprint density at radius 3 is 2.11 bits per heavy atom. The van der Waals surface area contributed by atoms with Gasteiger partial charge in [-0.05, 0) is 31.2 Å². The van der Waals surface area contributed by atoms with E-state index in [2.05, 4.69) is 11.8 Å². The summed E-state index contributed by atoms with van der Waals surface area (Å²) in [6.07, 6.45) is 0. The van der Waals surface area contributed by atoms with E-state index in [-0.39, 0.29) is 5.91 Å². The number of hydrogen-bond acceptors (Lipinski definition) is 5. The molecule has 2 aromatic carbocycles. The number of carbonyl (C=O) groups excluding carboxylic acids is 1. The highest BCUT2D eigenvalue weighted by atomic mass is 16.5. The second-order valence-corrected chi connectivity index (χ2v) is 6.83. The van der Waals surface area contributed by atoms with Gasteiger partial charge in [0, 0.05) is 32.7 Å². The van der Waals surface area contributed by atoms with Gasteiger partial charge in [0.25, 0.3) is 5.91 Å². The number of benzene rings is 2. The van der Waals surface area contributed by atoms with Crippen LogP contribution in [0, 0.1) is 6.92 Å². The second kappa shape index (κ2) is 9.46. The molecule has 150 valence electrons. The first kappa shape index (κ1) is 20.0. The van der Waals surface area contributed by atoms with E-state index in [9.17, 15) is 4.79 Å². The minimum Gasteiger partial charge on any atom is -0.496 e. The zero-order valence-corrected chi connectivity index (χ0v) is 16.8. The number of ether oxygens (including phenoxy) is 3. The monoisotopic (exact) mass is 384 g/mol. The fraction of sp³-hybridized carbons (Fsp3) is 0.409. The Hall–Kier alpha value is -2.73. The number of methoxy groups -OCH3 is 2. The summed E-state index contributed by atoms with van der Waals surface area (Å²) in [6.45, 7) is 6.52. The van der Waals surface area contributed by atoms with Crippen LogP contribution in [0.15, 0.2) is 42.5 Å². The fourth-order valence-corrected chi connectivity index (χ4v) is 3.32. The van der Waals surface area contributed by atoms with Gasteiger partial charge >= 0.3 is 0 Å². The lowest BCUT2D eigenvalue weighted by Gasteiger charge is -2.35. The zero-order chi connectivity index (χ0) is 19.9. The molecule has 0 N–H and O–H groups in total. The topological polar surface area (TPSA) is 51.2 Å². The van der Waals surface area contributed by atoms with Gasteiger partial charge < -0.3 is 19.1 Å². The fourth-order valence-electron chi connectivity index (χ4n) is 3.32. The molecule has 0 aromatic heterocycles. The lowest BCUT2D eigenvalue weighted by molar-refractivity contribution is 0.0614. The summed E-state index contributed by atoms with van der Waals surface area (Å²) in [7, 11) is 3.13. The molecular weight excluding hydrogens is 356 g/mol. The van der Waals surface area contributed by atoms with Crippen molar-refractivity contribution in [1.82, 2.24) is 9.80 Å². The van der Waals surface area contributed by atoms with Crippen LogP contribution in [0.1, 0.15) is 15.9 Å². The molecule has 28 heavy (non-hydrogen) atoms. The Labute approximate surface area is 166 Å². The smallest absolute Gasteiger partial charge is 0.261 e. The number of rotatable bonds is 7. The van der Waals surface area contributed by atoms with Crippen molar-refractivity contribution in [3.63, 3.8) is 0 Å². The zero-order valence-electron chi connectivity index (χ0n) is 16.8. The lowest BCUT2D eigenvalue weighted by atomic mass is 10.1. The lowest BCUT2D eigenvalue weighted by Crippen LogP contribution is -2.49. The maximum atomic E-state index is 13.0. The summed E-state index contributed by atoms with van der Waals surface area (Å²) in [5.41, 5.74) is 1.71. The highest BCUT2D eigenvalue weighted by Crippen LogP contribution is 2.29. The van der Waals surface area contributed by atoms with E-state index in [1.54, 1.807) is 26.4 Å². The molecule has 0 bridgehead atoms. The van der Waals surface area contributed by atoms with Crippen LogP contribution in [0.2, 0.25) is 0 Å². The van der Waals surface area contributed by atoms with Crippen molar-refractivity contribution in [2.75, 3.05) is 53.6 Å². The van der Waals surface area contributed by atoms with Gasteiger partial charge in [0.2, 0.25) is 0 Å². The van der Waals surface area contributed by atoms with Crippen molar-refractivity contribution in [1.29, 1.82) is 0 Å². The standard InChI is InChI=1S/C22H28N2O4/c1-17-7-9-18(10-8-17)28-16-15-23-11-13-24(14-12-23)22(25)21-19(26-2)5-4-6-20(21)27-3/h4-10H,11-16H2,1-3H3. The van der Waals surface area contributed by atoms with E-state index in [4.69, 9.17) is 14.2 Å². The third-order valence-corrected chi connectivity index (χ3v) is 5.00. The molecule has 1 fully saturated rings. The van der Waals surface area contributed by atoms with E-state index in [0.29, 0.717) is 36.8 Å². The molecule has 3 rings (SSSR count). The van der Waals surface area contributed by atoms with E-state index in [1.165, 1.54) is 5.56 Å². The van der Waals surface area contributed by atoms with Gasteiger partial charge in [-0.3, -0.25) is 9.69 Å². The summed E-state index contributed by atoms with van der Waals surface area (Å²) >= 11 is 0. The van der Waals surface area contributed by atoms with E-state index >= 15 is 0 Å². The molecule has 6 heteroatoms. The molecule has 0 spiro atoms.